The van der Waals surface area contributed by atoms with Gasteiger partial charge in [-0.3, -0.25) is 4.79 Å². The maximum atomic E-state index is 12.8. The largest absolute Gasteiger partial charge is 0.494 e. The van der Waals surface area contributed by atoms with E-state index in [4.69, 9.17) is 40.0 Å². The van der Waals surface area contributed by atoms with Crippen LogP contribution in [0.3, 0.4) is 0 Å². The molecule has 0 aromatic heterocycles. The Morgan fingerprint density at radius 2 is 0.922 bits per heavy atom. The second-order valence-corrected chi connectivity index (χ2v) is 26.5. The number of thioether (sulfide) groups is 1. The van der Waals surface area contributed by atoms with Crippen molar-refractivity contribution >= 4 is 53.1 Å². The third kappa shape index (κ3) is 30.1. The number of esters is 2. The van der Waals surface area contributed by atoms with Crippen LogP contribution in [-0.2, 0) is 28.3 Å². The number of ether oxygens (including phenoxy) is 4. The Morgan fingerprint density at radius 1 is 0.485 bits per heavy atom. The monoisotopic (exact) mass is 1410 g/mol. The van der Waals surface area contributed by atoms with E-state index >= 15 is 0 Å². The predicted molar refractivity (Wildman–Crippen MR) is 420 cm³/mol. The fraction of sp³-hybridized carbons (Fsp3) is 0.315. The maximum Gasteiger partial charge on any atom is 0.347 e. The third-order valence-electron chi connectivity index (χ3n) is 16.7. The Morgan fingerprint density at radius 3 is 1.45 bits per heavy atom. The van der Waals surface area contributed by atoms with Crippen molar-refractivity contribution in [3.8, 4) is 69.6 Å². The van der Waals surface area contributed by atoms with E-state index in [-0.39, 0.29) is 17.9 Å². The molecular formula is C89H94N4O8S2. The summed E-state index contributed by atoms with van der Waals surface area (Å²) in [7, 11) is 3.52. The molecule has 0 saturated heterocycles. The van der Waals surface area contributed by atoms with E-state index in [0.29, 0.717) is 35.7 Å². The number of hydrogen-bond acceptors (Lipinski definition) is 13. The number of unbranched alkanes of at least 4 members (excludes halogenated alkanes) is 14. The van der Waals surface area contributed by atoms with E-state index in [1.165, 1.54) is 93.0 Å². The number of anilines is 1. The summed E-state index contributed by atoms with van der Waals surface area (Å²) < 4.78 is 27.6. The smallest absolute Gasteiger partial charge is 0.347 e. The van der Waals surface area contributed by atoms with Crippen LogP contribution in [0.2, 0.25) is 0 Å². The Kier molecular flexibility index (Phi) is 37.2. The van der Waals surface area contributed by atoms with Gasteiger partial charge in [-0.1, -0.05) is 193 Å². The average molecular weight is 1410 g/mol. The quantitative estimate of drug-likeness (QED) is 0.00345. The number of nitriles is 2. The second-order valence-electron chi connectivity index (χ2n) is 24.5. The highest BCUT2D eigenvalue weighted by Gasteiger charge is 2.20. The third-order valence-corrected chi connectivity index (χ3v) is 18.4. The van der Waals surface area contributed by atoms with Gasteiger partial charge in [0, 0.05) is 46.4 Å². The summed E-state index contributed by atoms with van der Waals surface area (Å²) in [5.41, 5.74) is 10.8. The van der Waals surface area contributed by atoms with Crippen LogP contribution in [0, 0.1) is 52.9 Å². The van der Waals surface area contributed by atoms with Gasteiger partial charge in [-0.2, -0.15) is 14.9 Å². The molecule has 0 spiro atoms. The summed E-state index contributed by atoms with van der Waals surface area (Å²) in [6.45, 7) is 14.9. The molecule has 0 aliphatic heterocycles. The molecule has 8 aromatic carbocycles. The highest BCUT2D eigenvalue weighted by atomic mass is 32.2. The zero-order valence-corrected chi connectivity index (χ0v) is 61.6. The van der Waals surface area contributed by atoms with Gasteiger partial charge in [0.25, 0.3) is 5.70 Å². The molecule has 103 heavy (non-hydrogen) atoms. The minimum absolute atomic E-state index is 0.0176. The van der Waals surface area contributed by atoms with Crippen molar-refractivity contribution in [2.75, 3.05) is 57.8 Å². The topological polar surface area (TPSA) is 145 Å². The van der Waals surface area contributed by atoms with E-state index in [1.54, 1.807) is 42.5 Å². The minimum atomic E-state index is -0.793. The molecule has 0 aliphatic rings. The van der Waals surface area contributed by atoms with Gasteiger partial charge in [0.1, 0.15) is 16.4 Å². The molecule has 0 fully saturated rings. The van der Waals surface area contributed by atoms with Crippen molar-refractivity contribution in [1.29, 1.82) is 10.5 Å². The fourth-order valence-electron chi connectivity index (χ4n) is 10.7. The zero-order chi connectivity index (χ0) is 72.7. The number of carbonyl (C=O) groups excluding carboxylic acids is 2. The van der Waals surface area contributed by atoms with Gasteiger partial charge >= 0.3 is 11.9 Å². The fourth-order valence-corrected chi connectivity index (χ4v) is 12.1. The summed E-state index contributed by atoms with van der Waals surface area (Å²) in [5.74, 6) is 14.3. The Balaban J connectivity index is 0.000000288. The molecule has 0 saturated carbocycles. The van der Waals surface area contributed by atoms with Crippen molar-refractivity contribution in [3.05, 3.63) is 261 Å². The number of rotatable bonds is 39. The molecule has 0 aliphatic carbocycles. The molecule has 0 unspecified atom stereocenters. The lowest BCUT2D eigenvalue weighted by Gasteiger charge is -2.19. The van der Waals surface area contributed by atoms with Crippen LogP contribution in [0.1, 0.15) is 168 Å². The first-order valence-corrected chi connectivity index (χ1v) is 37.6. The predicted octanol–water partition coefficient (Wildman–Crippen LogP) is 21.9. The molecule has 0 N–H and O–H groups in total. The lowest BCUT2D eigenvalue weighted by molar-refractivity contribution is -0.160. The van der Waals surface area contributed by atoms with E-state index in [1.807, 2.05) is 121 Å². The first-order chi connectivity index (χ1) is 50.6. The molecule has 8 aromatic rings. The van der Waals surface area contributed by atoms with Gasteiger partial charge in [0.15, 0.2) is 0 Å². The van der Waals surface area contributed by atoms with Crippen molar-refractivity contribution in [3.63, 3.8) is 0 Å². The van der Waals surface area contributed by atoms with Crippen LogP contribution in [0.4, 0.5) is 5.69 Å². The maximum absolute atomic E-state index is 12.8. The molecule has 14 heteroatoms. The van der Waals surface area contributed by atoms with Crippen LogP contribution < -0.4 is 14.4 Å². The molecule has 12 nitrogen and oxygen atoms in total. The van der Waals surface area contributed by atoms with Crippen molar-refractivity contribution in [2.24, 2.45) is 0 Å². The molecule has 0 amide bonds. The van der Waals surface area contributed by atoms with Gasteiger partial charge in [0.05, 0.1) is 75.4 Å². The highest BCUT2D eigenvalue weighted by molar-refractivity contribution is 7.99. The molecule has 0 heterocycles. The number of carbonyl (C=O) groups is 2. The van der Waals surface area contributed by atoms with Gasteiger partial charge in [0.2, 0.25) is 0 Å². The standard InChI is InChI=1S/C45H44N4O3.C44H50O5S2/c1-4-5-6-9-30-49(3)41-26-18-36(19-27-41)13-12-35-14-22-40(23-15-35)43(34-47)44(48-2)45(50)52-32-11-8-7-10-31-51-42-28-24-39(25-29-42)38-20-16-37(33-46)17-21-38;1-3-4-5-13-32-47-41-28-24-37(25-29-41)19-18-36-20-22-38(23-21-36)35-43(51-49-46-2)44(45)48-33-14-8-6-7-9-15-34-50-42-30-26-40(27-31-42)39-16-11-10-12-17-39/h14-29H,4-11,30-32H2,1,3H3;10-12,16-17,20-31,35H,3-9,13-15,32-34H2,1-2H3/b44-43-;43-35-. The lowest BCUT2D eigenvalue weighted by Crippen LogP contribution is -2.18. The van der Waals surface area contributed by atoms with Crippen molar-refractivity contribution < 1.29 is 37.8 Å². The van der Waals surface area contributed by atoms with E-state index in [2.05, 4.69) is 121 Å². The molecule has 8 rings (SSSR count). The van der Waals surface area contributed by atoms with Crippen LogP contribution >= 0.6 is 23.8 Å². The Hall–Kier alpha value is -10.2. The van der Waals surface area contributed by atoms with Gasteiger partial charge in [-0.05, 0) is 206 Å². The summed E-state index contributed by atoms with van der Waals surface area (Å²) in [6.07, 6.45) is 21.2. The van der Waals surface area contributed by atoms with Gasteiger partial charge < -0.3 is 23.8 Å². The van der Waals surface area contributed by atoms with Crippen molar-refractivity contribution in [1.82, 2.24) is 0 Å². The molecule has 0 radical (unpaired) electrons. The number of allylic oxidation sites excluding steroid dienone is 1. The van der Waals surface area contributed by atoms with Crippen LogP contribution in [0.5, 0.6) is 11.5 Å². The van der Waals surface area contributed by atoms with E-state index in [0.717, 1.165) is 126 Å². The summed E-state index contributed by atoms with van der Waals surface area (Å²) >= 11 is 2.77. The molecule has 530 valence electrons. The van der Waals surface area contributed by atoms with Crippen molar-refractivity contribution in [2.45, 2.75) is 134 Å². The minimum Gasteiger partial charge on any atom is -0.494 e. The summed E-state index contributed by atoms with van der Waals surface area (Å²) in [5, 5.41) is 18.8. The number of nitrogens with zero attached hydrogens (tertiary/aromatic N) is 4. The van der Waals surface area contributed by atoms with Crippen LogP contribution in [-0.4, -0.2) is 64.8 Å². The van der Waals surface area contributed by atoms with Gasteiger partial charge in [-0.25, -0.2) is 14.5 Å². The zero-order valence-electron chi connectivity index (χ0n) is 60.0. The highest BCUT2D eigenvalue weighted by Crippen LogP contribution is 2.28. The second kappa shape index (κ2) is 47.8. The summed E-state index contributed by atoms with van der Waals surface area (Å²) in [6, 6.07) is 69.5. The van der Waals surface area contributed by atoms with Crippen LogP contribution in [0.25, 0.3) is 38.7 Å². The van der Waals surface area contributed by atoms with E-state index < -0.39 is 11.9 Å². The SMILES string of the molecule is CCCCCCOc1ccc(C#Cc2ccc(/C=C(\SOOC)C(=O)OCCCCCCCCSc3ccc(-c4ccccc4)cc3)cc2)cc1.[C-]#[N+]/C(C(=O)OCCCCCCOc1ccc(-c2ccc(C#N)cc2)cc1)=C(/C#N)c1ccc(C#Cc2ccc(N(C)CCCCCC)cc2)cc1. The summed E-state index contributed by atoms with van der Waals surface area (Å²) in [4.78, 5) is 37.6. The molecular weight excluding hydrogens is 1320 g/mol. The molecule has 0 atom stereocenters. The number of hydrogen-bond donors (Lipinski definition) is 0. The Bertz CT molecular complexity index is 4160. The average Bonchev–Trinajstić information content (AvgIpc) is 0.856. The van der Waals surface area contributed by atoms with Gasteiger partial charge in [-0.15, -0.1) is 11.8 Å². The van der Waals surface area contributed by atoms with E-state index in [9.17, 15) is 14.9 Å². The Labute approximate surface area is 620 Å². The normalized spacial score (nSPS) is 10.9. The molecule has 0 bridgehead atoms. The lowest BCUT2D eigenvalue weighted by atomic mass is 10.0. The first-order valence-electron chi connectivity index (χ1n) is 35.9. The number of benzene rings is 8. The first kappa shape index (κ1) is 80.1. The van der Waals surface area contributed by atoms with Crippen LogP contribution in [0.15, 0.2) is 216 Å².